The Morgan fingerprint density at radius 3 is 2.67 bits per heavy atom. The molecule has 2 heterocycles. The molecule has 0 spiro atoms. The maximum Gasteiger partial charge on any atom is 0.153 e. The summed E-state index contributed by atoms with van der Waals surface area (Å²) in [5.74, 6) is 1.75. The average molecular weight is 301 g/mol. The van der Waals surface area contributed by atoms with E-state index in [1.165, 1.54) is 0 Å². The Balaban J connectivity index is 2.31. The molecule has 5 heteroatoms. The van der Waals surface area contributed by atoms with E-state index in [1.807, 2.05) is 19.1 Å². The fraction of sp³-hybridized carbons (Fsp3) is 0.312. The summed E-state index contributed by atoms with van der Waals surface area (Å²) >= 11 is 1.65. The van der Waals surface area contributed by atoms with Gasteiger partial charge in [-0.3, -0.25) is 0 Å². The van der Waals surface area contributed by atoms with Gasteiger partial charge in [-0.1, -0.05) is 0 Å². The lowest BCUT2D eigenvalue weighted by Crippen LogP contribution is -2.03. The number of benzene rings is 1. The van der Waals surface area contributed by atoms with Crippen LogP contribution in [-0.4, -0.2) is 16.7 Å². The van der Waals surface area contributed by atoms with Gasteiger partial charge in [0, 0.05) is 12.1 Å². The third kappa shape index (κ3) is 2.17. The number of thiophene rings is 1. The molecular formula is C16H19N3OS. The van der Waals surface area contributed by atoms with Crippen LogP contribution in [0.25, 0.3) is 21.7 Å². The highest BCUT2D eigenvalue weighted by molar-refractivity contribution is 7.14. The number of aromatic nitrogens is 2. The number of nitrogen functional groups attached to an aromatic ring is 1. The van der Waals surface area contributed by atoms with E-state index in [0.717, 1.165) is 38.7 Å². The van der Waals surface area contributed by atoms with E-state index in [1.54, 1.807) is 18.4 Å². The smallest absolute Gasteiger partial charge is 0.153 e. The third-order valence-electron chi connectivity index (χ3n) is 3.64. The van der Waals surface area contributed by atoms with E-state index in [2.05, 4.69) is 29.9 Å². The highest BCUT2D eigenvalue weighted by atomic mass is 32.1. The zero-order valence-electron chi connectivity index (χ0n) is 12.7. The fourth-order valence-corrected chi connectivity index (χ4v) is 3.47. The summed E-state index contributed by atoms with van der Waals surface area (Å²) in [5, 5.41) is 2.08. The standard InChI is InChI=1S/C16H19N3OS/c1-9(2)19-13-6-5-11(20-4)7-12(13)18-16(19)15-14(17)10(3)8-21-15/h5-9H,17H2,1-4H3. The van der Waals surface area contributed by atoms with Crippen LogP contribution in [0.15, 0.2) is 23.6 Å². The topological polar surface area (TPSA) is 53.1 Å². The average Bonchev–Trinajstić information content (AvgIpc) is 2.99. The summed E-state index contributed by atoms with van der Waals surface area (Å²) in [6.45, 7) is 6.34. The molecule has 2 N–H and O–H groups in total. The molecule has 110 valence electrons. The van der Waals surface area contributed by atoms with E-state index >= 15 is 0 Å². The van der Waals surface area contributed by atoms with Crippen LogP contribution >= 0.6 is 11.3 Å². The predicted octanol–water partition coefficient (Wildman–Crippen LogP) is 4.24. The molecule has 1 aromatic carbocycles. The molecule has 0 unspecified atom stereocenters. The van der Waals surface area contributed by atoms with E-state index in [9.17, 15) is 0 Å². The molecule has 0 saturated heterocycles. The Hall–Kier alpha value is -2.01. The highest BCUT2D eigenvalue weighted by Crippen LogP contribution is 2.38. The second kappa shape index (κ2) is 5.07. The molecule has 0 bridgehead atoms. The number of anilines is 1. The fourth-order valence-electron chi connectivity index (χ4n) is 2.51. The summed E-state index contributed by atoms with van der Waals surface area (Å²) < 4.78 is 7.53. The van der Waals surface area contributed by atoms with Crippen LogP contribution in [0.2, 0.25) is 0 Å². The van der Waals surface area contributed by atoms with Gasteiger partial charge >= 0.3 is 0 Å². The van der Waals surface area contributed by atoms with Crippen molar-refractivity contribution in [2.75, 3.05) is 12.8 Å². The first kappa shape index (κ1) is 13.9. The van der Waals surface area contributed by atoms with Gasteiger partial charge in [0.05, 0.1) is 28.7 Å². The zero-order valence-corrected chi connectivity index (χ0v) is 13.5. The van der Waals surface area contributed by atoms with Crippen molar-refractivity contribution in [2.45, 2.75) is 26.8 Å². The van der Waals surface area contributed by atoms with Crippen molar-refractivity contribution in [3.63, 3.8) is 0 Å². The second-order valence-corrected chi connectivity index (χ2v) is 6.29. The van der Waals surface area contributed by atoms with Gasteiger partial charge in [-0.05, 0) is 43.8 Å². The van der Waals surface area contributed by atoms with Crippen molar-refractivity contribution in [2.24, 2.45) is 0 Å². The minimum absolute atomic E-state index is 0.306. The van der Waals surface area contributed by atoms with Crippen LogP contribution in [0.1, 0.15) is 25.5 Å². The van der Waals surface area contributed by atoms with Crippen LogP contribution in [0, 0.1) is 6.92 Å². The molecule has 0 radical (unpaired) electrons. The molecule has 0 aliphatic rings. The number of methoxy groups -OCH3 is 1. The van der Waals surface area contributed by atoms with Crippen molar-refractivity contribution < 1.29 is 4.74 Å². The maximum atomic E-state index is 6.21. The lowest BCUT2D eigenvalue weighted by molar-refractivity contribution is 0.415. The Labute approximate surface area is 128 Å². The molecule has 2 aromatic heterocycles. The summed E-state index contributed by atoms with van der Waals surface area (Å²) in [5.41, 5.74) is 10.2. The molecule has 0 aliphatic heterocycles. The number of nitrogens with zero attached hydrogens (tertiary/aromatic N) is 2. The van der Waals surface area contributed by atoms with Gasteiger partial charge in [-0.15, -0.1) is 11.3 Å². The van der Waals surface area contributed by atoms with Crippen LogP contribution in [0.3, 0.4) is 0 Å². The SMILES string of the molecule is COc1ccc2c(c1)nc(-c1scc(C)c1N)n2C(C)C. The van der Waals surface area contributed by atoms with Crippen LogP contribution in [0.4, 0.5) is 5.69 Å². The first-order chi connectivity index (χ1) is 10.0. The largest absolute Gasteiger partial charge is 0.497 e. The number of hydrogen-bond acceptors (Lipinski definition) is 4. The first-order valence-electron chi connectivity index (χ1n) is 6.92. The zero-order chi connectivity index (χ0) is 15.1. The van der Waals surface area contributed by atoms with Gasteiger partial charge in [-0.2, -0.15) is 0 Å². The van der Waals surface area contributed by atoms with E-state index in [0.29, 0.717) is 6.04 Å². The quantitative estimate of drug-likeness (QED) is 0.787. The molecule has 0 atom stereocenters. The molecule has 21 heavy (non-hydrogen) atoms. The second-order valence-electron chi connectivity index (χ2n) is 5.42. The van der Waals surface area contributed by atoms with E-state index < -0.39 is 0 Å². The molecule has 0 fully saturated rings. The first-order valence-corrected chi connectivity index (χ1v) is 7.80. The lowest BCUT2D eigenvalue weighted by atomic mass is 10.2. The number of imidazole rings is 1. The van der Waals surface area contributed by atoms with Gasteiger partial charge in [0.15, 0.2) is 5.82 Å². The van der Waals surface area contributed by atoms with Crippen molar-refractivity contribution in [3.8, 4) is 16.5 Å². The van der Waals surface area contributed by atoms with Crippen molar-refractivity contribution >= 4 is 28.1 Å². The Kier molecular flexibility index (Phi) is 3.37. The van der Waals surface area contributed by atoms with Gasteiger partial charge in [0.2, 0.25) is 0 Å². The summed E-state index contributed by atoms with van der Waals surface area (Å²) in [6.07, 6.45) is 0. The maximum absolute atomic E-state index is 6.21. The van der Waals surface area contributed by atoms with E-state index in [4.69, 9.17) is 15.5 Å². The minimum atomic E-state index is 0.306. The molecule has 0 amide bonds. The number of nitrogens with two attached hydrogens (primary N) is 1. The predicted molar refractivity (Wildman–Crippen MR) is 89.1 cm³/mol. The monoisotopic (exact) mass is 301 g/mol. The van der Waals surface area contributed by atoms with Gasteiger partial charge < -0.3 is 15.0 Å². The van der Waals surface area contributed by atoms with Crippen molar-refractivity contribution in [3.05, 3.63) is 29.1 Å². The number of aryl methyl sites for hydroxylation is 1. The van der Waals surface area contributed by atoms with Gasteiger partial charge in [0.1, 0.15) is 5.75 Å². The molecule has 3 rings (SSSR count). The number of rotatable bonds is 3. The highest BCUT2D eigenvalue weighted by Gasteiger charge is 2.19. The Morgan fingerprint density at radius 1 is 1.33 bits per heavy atom. The molecular weight excluding hydrogens is 282 g/mol. The molecule has 3 aromatic rings. The van der Waals surface area contributed by atoms with Crippen LogP contribution in [-0.2, 0) is 0 Å². The number of fused-ring (bicyclic) bond motifs is 1. The molecule has 4 nitrogen and oxygen atoms in total. The summed E-state index contributed by atoms with van der Waals surface area (Å²) in [7, 11) is 1.67. The summed E-state index contributed by atoms with van der Waals surface area (Å²) in [6, 6.07) is 6.30. The van der Waals surface area contributed by atoms with Crippen LogP contribution in [0.5, 0.6) is 5.75 Å². The normalized spacial score (nSPS) is 11.5. The lowest BCUT2D eigenvalue weighted by Gasteiger charge is -2.12. The third-order valence-corrected chi connectivity index (χ3v) is 4.75. The number of ether oxygens (including phenoxy) is 1. The van der Waals surface area contributed by atoms with E-state index in [-0.39, 0.29) is 0 Å². The van der Waals surface area contributed by atoms with Crippen molar-refractivity contribution in [1.29, 1.82) is 0 Å². The Morgan fingerprint density at radius 2 is 2.10 bits per heavy atom. The Bertz CT molecular complexity index is 801. The molecule has 0 saturated carbocycles. The van der Waals surface area contributed by atoms with Gasteiger partial charge in [0.25, 0.3) is 0 Å². The summed E-state index contributed by atoms with van der Waals surface area (Å²) in [4.78, 5) is 5.84. The minimum Gasteiger partial charge on any atom is -0.497 e. The van der Waals surface area contributed by atoms with Crippen molar-refractivity contribution in [1.82, 2.24) is 9.55 Å². The van der Waals surface area contributed by atoms with Crippen LogP contribution < -0.4 is 10.5 Å². The molecule has 0 aliphatic carbocycles. The number of hydrogen-bond donors (Lipinski definition) is 1. The van der Waals surface area contributed by atoms with Gasteiger partial charge in [-0.25, -0.2) is 4.98 Å².